The molecule has 1 amide bonds. The molecule has 31 heavy (non-hydrogen) atoms. The zero-order chi connectivity index (χ0) is 21.3. The molecule has 0 radical (unpaired) electrons. The number of hydrogen-bond donors (Lipinski definition) is 0. The molecule has 5 heteroatoms. The van der Waals surface area contributed by atoms with Crippen LogP contribution in [-0.2, 0) is 22.0 Å². The molecule has 162 valence electrons. The molecule has 0 N–H and O–H groups in total. The normalized spacial score (nSPS) is 19.5. The van der Waals surface area contributed by atoms with Crippen LogP contribution in [0.3, 0.4) is 0 Å². The summed E-state index contributed by atoms with van der Waals surface area (Å²) >= 11 is 0. The van der Waals surface area contributed by atoms with Gasteiger partial charge in [0.15, 0.2) is 0 Å². The molecule has 0 unspecified atom stereocenters. The monoisotopic (exact) mass is 418 g/mol. The molecule has 0 spiro atoms. The van der Waals surface area contributed by atoms with Gasteiger partial charge in [-0.2, -0.15) is 0 Å². The summed E-state index contributed by atoms with van der Waals surface area (Å²) in [5.74, 6) is 1.19. The van der Waals surface area contributed by atoms with Crippen LogP contribution >= 0.6 is 0 Å². The van der Waals surface area contributed by atoms with Gasteiger partial charge in [-0.1, -0.05) is 36.4 Å². The molecular formula is C26H30N2O3. The maximum atomic E-state index is 13.7. The number of ether oxygens (including phenoxy) is 2. The highest BCUT2D eigenvalue weighted by Crippen LogP contribution is 2.38. The van der Waals surface area contributed by atoms with Crippen LogP contribution in [-0.4, -0.2) is 47.8 Å². The first-order valence-corrected chi connectivity index (χ1v) is 11.3. The number of piperidine rings is 1. The third-order valence-corrected chi connectivity index (χ3v) is 6.99. The van der Waals surface area contributed by atoms with Gasteiger partial charge in [-0.25, -0.2) is 0 Å². The quantitative estimate of drug-likeness (QED) is 0.635. The number of carbonyl (C=O) groups excluding carboxylic acids is 1. The minimum absolute atomic E-state index is 0.136. The Morgan fingerprint density at radius 1 is 1.00 bits per heavy atom. The van der Waals surface area contributed by atoms with Gasteiger partial charge in [0, 0.05) is 57.8 Å². The first-order valence-electron chi connectivity index (χ1n) is 11.3. The molecule has 0 bridgehead atoms. The highest BCUT2D eigenvalue weighted by atomic mass is 16.5. The van der Waals surface area contributed by atoms with E-state index >= 15 is 0 Å². The number of amides is 1. The van der Waals surface area contributed by atoms with Gasteiger partial charge in [-0.3, -0.25) is 4.79 Å². The summed E-state index contributed by atoms with van der Waals surface area (Å²) in [7, 11) is 2.05. The Morgan fingerprint density at radius 2 is 1.74 bits per heavy atom. The van der Waals surface area contributed by atoms with Gasteiger partial charge in [0.1, 0.15) is 11.9 Å². The summed E-state index contributed by atoms with van der Waals surface area (Å²) in [6.07, 6.45) is 5.42. The van der Waals surface area contributed by atoms with Gasteiger partial charge in [-0.05, 0) is 36.6 Å². The number of benzene rings is 2. The lowest BCUT2D eigenvalue weighted by molar-refractivity contribution is -0.143. The lowest BCUT2D eigenvalue weighted by atomic mass is 9.72. The zero-order valence-corrected chi connectivity index (χ0v) is 18.1. The molecule has 0 aliphatic carbocycles. The lowest BCUT2D eigenvalue weighted by Gasteiger charge is -2.42. The number of hydrogen-bond acceptors (Lipinski definition) is 3. The maximum Gasteiger partial charge on any atom is 0.233 e. The summed E-state index contributed by atoms with van der Waals surface area (Å²) in [5, 5.41) is 1.15. The minimum Gasteiger partial charge on any atom is -0.490 e. The van der Waals surface area contributed by atoms with Gasteiger partial charge in [-0.15, -0.1) is 0 Å². The van der Waals surface area contributed by atoms with E-state index in [9.17, 15) is 4.79 Å². The van der Waals surface area contributed by atoms with Crippen LogP contribution in [0.4, 0.5) is 0 Å². The van der Waals surface area contributed by atoms with Crippen molar-refractivity contribution in [3.8, 4) is 5.75 Å². The van der Waals surface area contributed by atoms with Gasteiger partial charge in [0.05, 0.1) is 10.9 Å². The van der Waals surface area contributed by atoms with Crippen molar-refractivity contribution in [3.63, 3.8) is 0 Å². The van der Waals surface area contributed by atoms with E-state index in [1.54, 1.807) is 0 Å². The Morgan fingerprint density at radius 3 is 2.48 bits per heavy atom. The third-order valence-electron chi connectivity index (χ3n) is 6.99. The van der Waals surface area contributed by atoms with Crippen molar-refractivity contribution in [1.82, 2.24) is 9.47 Å². The van der Waals surface area contributed by atoms with Crippen molar-refractivity contribution in [1.29, 1.82) is 0 Å². The molecule has 0 saturated carbocycles. The highest BCUT2D eigenvalue weighted by molar-refractivity contribution is 5.89. The Balaban J connectivity index is 1.29. The van der Waals surface area contributed by atoms with E-state index in [1.807, 2.05) is 30.3 Å². The summed E-state index contributed by atoms with van der Waals surface area (Å²) in [6, 6.07) is 18.6. The summed E-state index contributed by atoms with van der Waals surface area (Å²) in [6.45, 7) is 2.76. The van der Waals surface area contributed by atoms with Gasteiger partial charge >= 0.3 is 0 Å². The fourth-order valence-corrected chi connectivity index (χ4v) is 5.14. The Hall–Kier alpha value is -2.79. The van der Waals surface area contributed by atoms with Gasteiger partial charge < -0.3 is 18.9 Å². The Kier molecular flexibility index (Phi) is 5.45. The Bertz CT molecular complexity index is 1040. The average Bonchev–Trinajstić information content (AvgIpc) is 3.22. The van der Waals surface area contributed by atoms with E-state index in [4.69, 9.17) is 9.47 Å². The van der Waals surface area contributed by atoms with E-state index in [0.29, 0.717) is 13.2 Å². The molecule has 0 atom stereocenters. The maximum absolute atomic E-state index is 13.7. The first kappa shape index (κ1) is 20.1. The smallest absolute Gasteiger partial charge is 0.233 e. The predicted molar refractivity (Wildman–Crippen MR) is 121 cm³/mol. The number of carbonyl (C=O) groups is 1. The second-order valence-electron chi connectivity index (χ2n) is 8.79. The zero-order valence-electron chi connectivity index (χ0n) is 18.1. The lowest BCUT2D eigenvalue weighted by Crippen LogP contribution is -2.53. The third kappa shape index (κ3) is 3.72. The van der Waals surface area contributed by atoms with E-state index in [1.165, 1.54) is 5.52 Å². The molecule has 5 rings (SSSR count). The summed E-state index contributed by atoms with van der Waals surface area (Å²) in [5.41, 5.74) is 1.84. The average molecular weight is 419 g/mol. The van der Waals surface area contributed by atoms with Crippen molar-refractivity contribution in [2.45, 2.75) is 37.2 Å². The summed E-state index contributed by atoms with van der Waals surface area (Å²) < 4.78 is 14.1. The van der Waals surface area contributed by atoms with Crippen molar-refractivity contribution < 1.29 is 14.3 Å². The van der Waals surface area contributed by atoms with Gasteiger partial charge in [0.25, 0.3) is 0 Å². The molecule has 2 fully saturated rings. The van der Waals surface area contributed by atoms with E-state index in [2.05, 4.69) is 47.0 Å². The topological polar surface area (TPSA) is 43.7 Å². The fraction of sp³-hybridized carbons (Fsp3) is 0.423. The molecule has 3 heterocycles. The fourth-order valence-electron chi connectivity index (χ4n) is 5.14. The van der Waals surface area contributed by atoms with Crippen LogP contribution in [0.5, 0.6) is 5.75 Å². The number of fused-ring (bicyclic) bond motifs is 1. The molecule has 3 aromatic rings. The molecule has 2 saturated heterocycles. The largest absolute Gasteiger partial charge is 0.490 e. The molecular weight excluding hydrogens is 388 g/mol. The van der Waals surface area contributed by atoms with Crippen molar-refractivity contribution in [2.75, 3.05) is 26.3 Å². The van der Waals surface area contributed by atoms with Crippen LogP contribution in [0, 0.1) is 0 Å². The standard InChI is InChI=1S/C26H30N2O3/c1-27-15-12-22-23(27)8-5-9-24(22)31-21-10-16-28(17-11-21)25(29)26(13-18-30-19-14-26)20-6-3-2-4-7-20/h2-9,12,15,21H,10-11,13-14,16-19H2,1H3. The van der Waals surface area contributed by atoms with Gasteiger partial charge in [0.2, 0.25) is 5.91 Å². The number of rotatable bonds is 4. The van der Waals surface area contributed by atoms with Crippen LogP contribution < -0.4 is 4.74 Å². The SMILES string of the molecule is Cn1ccc2c(OC3CCN(C(=O)C4(c5ccccc5)CCOCC4)CC3)cccc21. The van der Waals surface area contributed by atoms with Crippen LogP contribution in [0.15, 0.2) is 60.8 Å². The number of likely N-dealkylation sites (tertiary alicyclic amines) is 1. The van der Waals surface area contributed by atoms with Crippen molar-refractivity contribution >= 4 is 16.8 Å². The minimum atomic E-state index is -0.456. The molecule has 2 aromatic carbocycles. The molecule has 5 nitrogen and oxygen atoms in total. The molecule has 1 aromatic heterocycles. The predicted octanol–water partition coefficient (Wildman–Crippen LogP) is 4.30. The molecule has 2 aliphatic rings. The Labute approximate surface area is 183 Å². The van der Waals surface area contributed by atoms with E-state index in [-0.39, 0.29) is 12.0 Å². The van der Waals surface area contributed by atoms with Crippen molar-refractivity contribution in [3.05, 3.63) is 66.4 Å². The highest BCUT2D eigenvalue weighted by Gasteiger charge is 2.44. The van der Waals surface area contributed by atoms with Crippen LogP contribution in [0.25, 0.3) is 10.9 Å². The second-order valence-corrected chi connectivity index (χ2v) is 8.79. The number of aromatic nitrogens is 1. The first-order chi connectivity index (χ1) is 15.2. The van der Waals surface area contributed by atoms with Crippen LogP contribution in [0.1, 0.15) is 31.2 Å². The van der Waals surface area contributed by atoms with Crippen LogP contribution in [0.2, 0.25) is 0 Å². The molecule has 2 aliphatic heterocycles. The van der Waals surface area contributed by atoms with E-state index < -0.39 is 5.41 Å². The van der Waals surface area contributed by atoms with E-state index in [0.717, 1.165) is 55.5 Å². The summed E-state index contributed by atoms with van der Waals surface area (Å²) in [4.78, 5) is 15.8. The second kappa shape index (κ2) is 8.39. The van der Waals surface area contributed by atoms with Crippen molar-refractivity contribution in [2.24, 2.45) is 7.05 Å². The number of nitrogens with zero attached hydrogens (tertiary/aromatic N) is 2. The number of aryl methyl sites for hydroxylation is 1.